The highest BCUT2D eigenvalue weighted by Gasteiger charge is 2.11. The number of rotatable bonds is 4. The molecule has 0 saturated carbocycles. The lowest BCUT2D eigenvalue weighted by Gasteiger charge is -2.09. The van der Waals surface area contributed by atoms with Crippen molar-refractivity contribution in [2.45, 2.75) is 0 Å². The van der Waals surface area contributed by atoms with E-state index in [-0.39, 0.29) is 17.9 Å². The number of nitrogens with zero attached hydrogens (tertiary/aromatic N) is 1. The molecule has 0 aliphatic rings. The van der Waals surface area contributed by atoms with Crippen LogP contribution in [0.15, 0.2) is 42.5 Å². The Bertz CT molecular complexity index is 713. The number of halogens is 2. The zero-order valence-electron chi connectivity index (χ0n) is 10.8. The molecule has 0 aliphatic carbocycles. The maximum Gasteiger partial charge on any atom is 0.262 e. The highest BCUT2D eigenvalue weighted by molar-refractivity contribution is 6.33. The first-order chi connectivity index (χ1) is 10.1. The van der Waals surface area contributed by atoms with E-state index in [0.717, 1.165) is 6.07 Å². The average molecular weight is 305 g/mol. The highest BCUT2D eigenvalue weighted by atomic mass is 35.5. The molecular formula is C15H10ClFN2O2. The fourth-order valence-corrected chi connectivity index (χ4v) is 1.81. The largest absolute Gasteiger partial charge is 0.482 e. The SMILES string of the molecule is N#Cc1c(F)cccc1OCC(=O)Nc1ccccc1Cl. The number of anilines is 1. The molecule has 0 fully saturated rings. The molecule has 0 bridgehead atoms. The van der Waals surface area contributed by atoms with Crippen LogP contribution in [0, 0.1) is 17.1 Å². The van der Waals surface area contributed by atoms with Crippen LogP contribution >= 0.6 is 11.6 Å². The minimum Gasteiger partial charge on any atom is -0.482 e. The molecule has 0 atom stereocenters. The van der Waals surface area contributed by atoms with E-state index in [1.54, 1.807) is 30.3 Å². The Morgan fingerprint density at radius 1 is 1.29 bits per heavy atom. The summed E-state index contributed by atoms with van der Waals surface area (Å²) in [6.45, 7) is -0.358. The quantitative estimate of drug-likeness (QED) is 0.942. The molecule has 6 heteroatoms. The summed E-state index contributed by atoms with van der Waals surface area (Å²) in [6, 6.07) is 12.4. The van der Waals surface area contributed by atoms with Crippen LogP contribution in [-0.2, 0) is 4.79 Å². The van der Waals surface area contributed by atoms with E-state index >= 15 is 0 Å². The molecule has 4 nitrogen and oxygen atoms in total. The Hall–Kier alpha value is -2.58. The minimum atomic E-state index is -0.693. The van der Waals surface area contributed by atoms with Gasteiger partial charge >= 0.3 is 0 Å². The van der Waals surface area contributed by atoms with Crippen LogP contribution in [0.5, 0.6) is 5.75 Å². The van der Waals surface area contributed by atoms with E-state index < -0.39 is 11.7 Å². The van der Waals surface area contributed by atoms with Crippen LogP contribution in [-0.4, -0.2) is 12.5 Å². The van der Waals surface area contributed by atoms with Crippen molar-refractivity contribution in [1.82, 2.24) is 0 Å². The lowest BCUT2D eigenvalue weighted by Crippen LogP contribution is -2.20. The van der Waals surface area contributed by atoms with Crippen LogP contribution in [0.2, 0.25) is 5.02 Å². The molecule has 0 aliphatic heterocycles. The van der Waals surface area contributed by atoms with Gasteiger partial charge in [0, 0.05) is 0 Å². The van der Waals surface area contributed by atoms with E-state index in [0.29, 0.717) is 10.7 Å². The summed E-state index contributed by atoms with van der Waals surface area (Å²) in [6.07, 6.45) is 0. The summed E-state index contributed by atoms with van der Waals surface area (Å²) >= 11 is 5.91. The van der Waals surface area contributed by atoms with Gasteiger partial charge in [0.2, 0.25) is 0 Å². The summed E-state index contributed by atoms with van der Waals surface area (Å²) in [4.78, 5) is 11.8. The number of nitrogens with one attached hydrogen (secondary N) is 1. The van der Waals surface area contributed by atoms with Crippen LogP contribution < -0.4 is 10.1 Å². The molecule has 0 radical (unpaired) electrons. The molecule has 106 valence electrons. The topological polar surface area (TPSA) is 62.1 Å². The number of benzene rings is 2. The maximum atomic E-state index is 13.4. The van der Waals surface area contributed by atoms with Gasteiger partial charge in [0.15, 0.2) is 6.61 Å². The van der Waals surface area contributed by atoms with Crippen LogP contribution in [0.25, 0.3) is 0 Å². The van der Waals surface area contributed by atoms with Crippen LogP contribution in [0.4, 0.5) is 10.1 Å². The molecule has 1 N–H and O–H groups in total. The van der Waals surface area contributed by atoms with E-state index in [1.807, 2.05) is 0 Å². The number of nitriles is 1. The second kappa shape index (κ2) is 6.73. The second-order valence-electron chi connectivity index (χ2n) is 4.04. The first-order valence-electron chi connectivity index (χ1n) is 5.97. The number of hydrogen-bond donors (Lipinski definition) is 1. The third-order valence-corrected chi connectivity index (χ3v) is 2.92. The molecule has 21 heavy (non-hydrogen) atoms. The third-order valence-electron chi connectivity index (χ3n) is 2.59. The van der Waals surface area contributed by atoms with Crippen LogP contribution in [0.1, 0.15) is 5.56 Å². The summed E-state index contributed by atoms with van der Waals surface area (Å²) in [5.74, 6) is -1.13. The molecule has 0 aromatic heterocycles. The van der Waals surface area contributed by atoms with Crippen molar-refractivity contribution in [1.29, 1.82) is 5.26 Å². The lowest BCUT2D eigenvalue weighted by atomic mass is 10.2. The first kappa shape index (κ1) is 14.8. The molecule has 1 amide bonds. The Morgan fingerprint density at radius 2 is 2.05 bits per heavy atom. The van der Waals surface area contributed by atoms with E-state index in [9.17, 15) is 9.18 Å². The van der Waals surface area contributed by atoms with Crippen molar-refractivity contribution in [2.75, 3.05) is 11.9 Å². The van der Waals surface area contributed by atoms with Gasteiger partial charge in [-0.05, 0) is 24.3 Å². The highest BCUT2D eigenvalue weighted by Crippen LogP contribution is 2.22. The fourth-order valence-electron chi connectivity index (χ4n) is 1.63. The van der Waals surface area contributed by atoms with Gasteiger partial charge < -0.3 is 10.1 Å². The minimum absolute atomic E-state index is 0.0202. The van der Waals surface area contributed by atoms with Crippen molar-refractivity contribution in [3.8, 4) is 11.8 Å². The predicted octanol–water partition coefficient (Wildman–Crippen LogP) is 3.37. The van der Waals surface area contributed by atoms with E-state index in [2.05, 4.69) is 5.32 Å². The van der Waals surface area contributed by atoms with Crippen LogP contribution in [0.3, 0.4) is 0 Å². The molecule has 2 aromatic rings. The Kier molecular flexibility index (Phi) is 4.75. The number of ether oxygens (including phenoxy) is 1. The Balaban J connectivity index is 2.01. The van der Waals surface area contributed by atoms with E-state index in [1.165, 1.54) is 12.1 Å². The summed E-state index contributed by atoms with van der Waals surface area (Å²) < 4.78 is 18.5. The molecule has 2 aromatic carbocycles. The van der Waals surface area contributed by atoms with Crippen molar-refractivity contribution in [3.05, 3.63) is 58.9 Å². The smallest absolute Gasteiger partial charge is 0.262 e. The number of carbonyl (C=O) groups excluding carboxylic acids is 1. The summed E-state index contributed by atoms with van der Waals surface area (Å²) in [7, 11) is 0. The average Bonchev–Trinajstić information content (AvgIpc) is 2.47. The molecule has 0 saturated heterocycles. The Morgan fingerprint density at radius 3 is 2.76 bits per heavy atom. The summed E-state index contributed by atoms with van der Waals surface area (Å²) in [5, 5.41) is 11.8. The van der Waals surface area contributed by atoms with Gasteiger partial charge in [-0.15, -0.1) is 0 Å². The van der Waals surface area contributed by atoms with Gasteiger partial charge in [0.1, 0.15) is 23.2 Å². The molecule has 0 heterocycles. The normalized spacial score (nSPS) is 9.76. The van der Waals surface area contributed by atoms with Gasteiger partial charge in [0.25, 0.3) is 5.91 Å². The number of amides is 1. The zero-order valence-corrected chi connectivity index (χ0v) is 11.5. The lowest BCUT2D eigenvalue weighted by molar-refractivity contribution is -0.118. The maximum absolute atomic E-state index is 13.4. The van der Waals surface area contributed by atoms with Crippen molar-refractivity contribution in [2.24, 2.45) is 0 Å². The molecule has 0 unspecified atom stereocenters. The summed E-state index contributed by atoms with van der Waals surface area (Å²) in [5.41, 5.74) is 0.218. The third kappa shape index (κ3) is 3.71. The number of hydrogen-bond acceptors (Lipinski definition) is 3. The molecule has 0 spiro atoms. The van der Waals surface area contributed by atoms with Gasteiger partial charge in [-0.3, -0.25) is 4.79 Å². The van der Waals surface area contributed by atoms with Gasteiger partial charge in [0.05, 0.1) is 10.7 Å². The van der Waals surface area contributed by atoms with Gasteiger partial charge in [-0.1, -0.05) is 29.8 Å². The van der Waals surface area contributed by atoms with Gasteiger partial charge in [-0.25, -0.2) is 4.39 Å². The van der Waals surface area contributed by atoms with Crippen molar-refractivity contribution in [3.63, 3.8) is 0 Å². The second-order valence-corrected chi connectivity index (χ2v) is 4.45. The van der Waals surface area contributed by atoms with Gasteiger partial charge in [-0.2, -0.15) is 5.26 Å². The molecule has 2 rings (SSSR count). The number of carbonyl (C=O) groups is 1. The predicted molar refractivity (Wildman–Crippen MR) is 76.7 cm³/mol. The van der Waals surface area contributed by atoms with Crippen molar-refractivity contribution >= 4 is 23.2 Å². The monoisotopic (exact) mass is 304 g/mol. The standard InChI is InChI=1S/C15H10ClFN2O2/c16-11-4-1-2-6-13(11)19-15(20)9-21-14-7-3-5-12(17)10(14)8-18/h1-7H,9H2,(H,19,20). The van der Waals surface area contributed by atoms with E-state index in [4.69, 9.17) is 21.6 Å². The molecular weight excluding hydrogens is 295 g/mol. The number of para-hydroxylation sites is 1. The zero-order chi connectivity index (χ0) is 15.2. The first-order valence-corrected chi connectivity index (χ1v) is 6.35. The Labute approximate surface area is 125 Å². The fraction of sp³-hybridized carbons (Fsp3) is 0.0667. The van der Waals surface area contributed by atoms with Crippen molar-refractivity contribution < 1.29 is 13.9 Å².